The lowest BCUT2D eigenvalue weighted by Gasteiger charge is -2.32. The molecule has 114 valence electrons. The zero-order valence-electron chi connectivity index (χ0n) is 12.5. The van der Waals surface area contributed by atoms with Crippen molar-refractivity contribution in [2.75, 3.05) is 66.3 Å². The van der Waals surface area contributed by atoms with Crippen LogP contribution in [0.25, 0.3) is 0 Å². The standard InChI is InChI=1S/C14H30N2O3/c1-3-15-14-4-6-16(7-5-14)8-9-18-12-13-19-11-10-17-2/h14-15H,3-13H2,1-2H3. The number of likely N-dealkylation sites (tertiary alicyclic amines) is 1. The Kier molecular flexibility index (Phi) is 10.3. The maximum Gasteiger partial charge on any atom is 0.0701 e. The average molecular weight is 274 g/mol. The number of hydrogen-bond donors (Lipinski definition) is 1. The van der Waals surface area contributed by atoms with Gasteiger partial charge in [0.1, 0.15) is 0 Å². The second-order valence-corrected chi connectivity index (χ2v) is 4.89. The smallest absolute Gasteiger partial charge is 0.0701 e. The molecule has 1 heterocycles. The highest BCUT2D eigenvalue weighted by atomic mass is 16.5. The molecule has 1 N–H and O–H groups in total. The van der Waals surface area contributed by atoms with E-state index < -0.39 is 0 Å². The van der Waals surface area contributed by atoms with E-state index in [-0.39, 0.29) is 0 Å². The fourth-order valence-electron chi connectivity index (χ4n) is 2.31. The van der Waals surface area contributed by atoms with Gasteiger partial charge in [-0.1, -0.05) is 6.92 Å². The van der Waals surface area contributed by atoms with Crippen LogP contribution in [0.15, 0.2) is 0 Å². The second-order valence-electron chi connectivity index (χ2n) is 4.89. The number of nitrogens with zero attached hydrogens (tertiary/aromatic N) is 1. The van der Waals surface area contributed by atoms with E-state index in [9.17, 15) is 0 Å². The molecule has 1 aliphatic rings. The average Bonchev–Trinajstić information content (AvgIpc) is 2.44. The Morgan fingerprint density at radius 1 is 1.00 bits per heavy atom. The molecule has 0 aromatic rings. The summed E-state index contributed by atoms with van der Waals surface area (Å²) in [7, 11) is 1.68. The van der Waals surface area contributed by atoms with E-state index in [0.29, 0.717) is 26.4 Å². The van der Waals surface area contributed by atoms with Crippen LogP contribution in [0.3, 0.4) is 0 Å². The van der Waals surface area contributed by atoms with E-state index in [1.807, 2.05) is 0 Å². The van der Waals surface area contributed by atoms with Crippen molar-refractivity contribution in [1.82, 2.24) is 10.2 Å². The highest BCUT2D eigenvalue weighted by Gasteiger charge is 2.17. The molecule has 0 radical (unpaired) electrons. The van der Waals surface area contributed by atoms with Crippen LogP contribution in [0, 0.1) is 0 Å². The van der Waals surface area contributed by atoms with Crippen LogP contribution in [0.5, 0.6) is 0 Å². The van der Waals surface area contributed by atoms with Gasteiger partial charge < -0.3 is 24.4 Å². The zero-order valence-corrected chi connectivity index (χ0v) is 12.5. The summed E-state index contributed by atoms with van der Waals surface area (Å²) in [5.41, 5.74) is 0. The van der Waals surface area contributed by atoms with Gasteiger partial charge in [-0.3, -0.25) is 0 Å². The highest BCUT2D eigenvalue weighted by molar-refractivity contribution is 4.76. The monoisotopic (exact) mass is 274 g/mol. The summed E-state index contributed by atoms with van der Waals surface area (Å²) in [6.45, 7) is 10.1. The molecule has 1 saturated heterocycles. The van der Waals surface area contributed by atoms with Crippen molar-refractivity contribution >= 4 is 0 Å². The van der Waals surface area contributed by atoms with Gasteiger partial charge in [0.05, 0.1) is 33.0 Å². The first-order valence-electron chi connectivity index (χ1n) is 7.47. The van der Waals surface area contributed by atoms with E-state index in [0.717, 1.165) is 25.7 Å². The van der Waals surface area contributed by atoms with Gasteiger partial charge in [0.15, 0.2) is 0 Å². The molecule has 1 fully saturated rings. The van der Waals surface area contributed by atoms with E-state index >= 15 is 0 Å². The van der Waals surface area contributed by atoms with Crippen LogP contribution < -0.4 is 5.32 Å². The fourth-order valence-corrected chi connectivity index (χ4v) is 2.31. The maximum atomic E-state index is 5.57. The van der Waals surface area contributed by atoms with E-state index in [1.165, 1.54) is 25.9 Å². The molecule has 0 aromatic carbocycles. The second kappa shape index (κ2) is 11.6. The highest BCUT2D eigenvalue weighted by Crippen LogP contribution is 2.09. The number of rotatable bonds is 11. The Morgan fingerprint density at radius 3 is 2.26 bits per heavy atom. The largest absolute Gasteiger partial charge is 0.382 e. The summed E-state index contributed by atoms with van der Waals surface area (Å²) < 4.78 is 15.8. The van der Waals surface area contributed by atoms with Crippen molar-refractivity contribution in [2.45, 2.75) is 25.8 Å². The lowest BCUT2D eigenvalue weighted by atomic mass is 10.1. The Labute approximate surface area is 117 Å². The lowest BCUT2D eigenvalue weighted by molar-refractivity contribution is 0.0178. The third-order valence-electron chi connectivity index (χ3n) is 3.44. The predicted octanol–water partition coefficient (Wildman–Crippen LogP) is 0.740. The number of nitrogens with one attached hydrogen (secondary N) is 1. The van der Waals surface area contributed by atoms with Crippen LogP contribution in [-0.2, 0) is 14.2 Å². The molecular weight excluding hydrogens is 244 g/mol. The van der Waals surface area contributed by atoms with Crippen LogP contribution >= 0.6 is 0 Å². The van der Waals surface area contributed by atoms with Crippen molar-refractivity contribution in [3.8, 4) is 0 Å². The lowest BCUT2D eigenvalue weighted by Crippen LogP contribution is -2.43. The summed E-state index contributed by atoms with van der Waals surface area (Å²) in [6.07, 6.45) is 2.52. The fraction of sp³-hybridized carbons (Fsp3) is 1.00. The van der Waals surface area contributed by atoms with E-state index in [2.05, 4.69) is 17.1 Å². The van der Waals surface area contributed by atoms with Crippen molar-refractivity contribution in [3.05, 3.63) is 0 Å². The molecule has 0 bridgehead atoms. The van der Waals surface area contributed by atoms with E-state index in [1.54, 1.807) is 7.11 Å². The number of ether oxygens (including phenoxy) is 3. The van der Waals surface area contributed by atoms with Crippen molar-refractivity contribution in [1.29, 1.82) is 0 Å². The predicted molar refractivity (Wildman–Crippen MR) is 76.7 cm³/mol. The molecule has 19 heavy (non-hydrogen) atoms. The van der Waals surface area contributed by atoms with Gasteiger partial charge in [0, 0.05) is 19.7 Å². The van der Waals surface area contributed by atoms with Crippen molar-refractivity contribution < 1.29 is 14.2 Å². The molecule has 1 rings (SSSR count). The van der Waals surface area contributed by atoms with Crippen molar-refractivity contribution in [3.63, 3.8) is 0 Å². The summed E-state index contributed by atoms with van der Waals surface area (Å²) in [6, 6.07) is 0.719. The van der Waals surface area contributed by atoms with Gasteiger partial charge in [-0.25, -0.2) is 0 Å². The van der Waals surface area contributed by atoms with Crippen LogP contribution in [-0.4, -0.2) is 77.3 Å². The topological polar surface area (TPSA) is 43.0 Å². The van der Waals surface area contributed by atoms with E-state index in [4.69, 9.17) is 14.2 Å². The molecule has 0 aliphatic carbocycles. The van der Waals surface area contributed by atoms with Crippen LogP contribution in [0.1, 0.15) is 19.8 Å². The minimum absolute atomic E-state index is 0.651. The minimum Gasteiger partial charge on any atom is -0.382 e. The van der Waals surface area contributed by atoms with Gasteiger partial charge >= 0.3 is 0 Å². The first-order chi connectivity index (χ1) is 9.36. The third-order valence-corrected chi connectivity index (χ3v) is 3.44. The number of hydrogen-bond acceptors (Lipinski definition) is 5. The zero-order chi connectivity index (χ0) is 13.8. The third kappa shape index (κ3) is 8.55. The van der Waals surface area contributed by atoms with Crippen LogP contribution in [0.2, 0.25) is 0 Å². The Morgan fingerprint density at radius 2 is 1.63 bits per heavy atom. The van der Waals surface area contributed by atoms with Gasteiger partial charge in [0.2, 0.25) is 0 Å². The summed E-state index contributed by atoms with van der Waals surface area (Å²) in [5, 5.41) is 3.52. The minimum atomic E-state index is 0.651. The first kappa shape index (κ1) is 16.9. The summed E-state index contributed by atoms with van der Waals surface area (Å²) >= 11 is 0. The molecule has 0 spiro atoms. The van der Waals surface area contributed by atoms with Crippen molar-refractivity contribution in [2.24, 2.45) is 0 Å². The number of methoxy groups -OCH3 is 1. The number of piperidine rings is 1. The molecule has 0 unspecified atom stereocenters. The van der Waals surface area contributed by atoms with Gasteiger partial charge in [-0.2, -0.15) is 0 Å². The van der Waals surface area contributed by atoms with Crippen LogP contribution in [0.4, 0.5) is 0 Å². The van der Waals surface area contributed by atoms with Gasteiger partial charge in [-0.15, -0.1) is 0 Å². The molecule has 1 aliphatic heterocycles. The van der Waals surface area contributed by atoms with Gasteiger partial charge in [0.25, 0.3) is 0 Å². The summed E-state index contributed by atoms with van der Waals surface area (Å²) in [5.74, 6) is 0. The quantitative estimate of drug-likeness (QED) is 0.563. The molecule has 0 aromatic heterocycles. The molecule has 0 amide bonds. The maximum absolute atomic E-state index is 5.57. The Balaban J connectivity index is 1.85. The summed E-state index contributed by atoms with van der Waals surface area (Å²) in [4.78, 5) is 2.49. The molecule has 0 saturated carbocycles. The first-order valence-corrected chi connectivity index (χ1v) is 7.47. The molecule has 5 nitrogen and oxygen atoms in total. The van der Waals surface area contributed by atoms with Gasteiger partial charge in [-0.05, 0) is 32.5 Å². The SMILES string of the molecule is CCNC1CCN(CCOCCOCCOC)CC1. The Hall–Kier alpha value is -0.200. The molecule has 0 atom stereocenters. The molecular formula is C14H30N2O3. The normalized spacial score (nSPS) is 18.0. The molecule has 5 heteroatoms. The Bertz CT molecular complexity index is 197.